The predicted octanol–water partition coefficient (Wildman–Crippen LogP) is 3.72. The number of nitrogens with one attached hydrogen (secondary N) is 1. The lowest BCUT2D eigenvalue weighted by Gasteiger charge is -2.18. The van der Waals surface area contributed by atoms with Crippen LogP contribution in [0.2, 0.25) is 0 Å². The van der Waals surface area contributed by atoms with Gasteiger partial charge in [-0.05, 0) is 59.3 Å². The van der Waals surface area contributed by atoms with Crippen molar-refractivity contribution in [2.24, 2.45) is 11.8 Å². The third-order valence-electron chi connectivity index (χ3n) is 4.06. The molecule has 0 heterocycles. The number of methoxy groups -OCH3 is 1. The van der Waals surface area contributed by atoms with Gasteiger partial charge in [0, 0.05) is 23.2 Å². The molecule has 0 spiro atoms. The number of rotatable bonds is 6. The van der Waals surface area contributed by atoms with Gasteiger partial charge in [-0.25, -0.2) is 0 Å². The zero-order valence-electron chi connectivity index (χ0n) is 11.7. The second-order valence-electron chi connectivity index (χ2n) is 5.34. The van der Waals surface area contributed by atoms with E-state index >= 15 is 0 Å². The molecule has 5 heteroatoms. The third kappa shape index (κ3) is 3.97. The highest BCUT2D eigenvalue weighted by atomic mass is 79.9. The molecule has 20 heavy (non-hydrogen) atoms. The highest BCUT2D eigenvalue weighted by Crippen LogP contribution is 2.33. The van der Waals surface area contributed by atoms with Crippen LogP contribution in [0.15, 0.2) is 21.1 Å². The van der Waals surface area contributed by atoms with Gasteiger partial charge >= 0.3 is 0 Å². The summed E-state index contributed by atoms with van der Waals surface area (Å²) >= 11 is 7.03. The van der Waals surface area contributed by atoms with Crippen LogP contribution in [0.25, 0.3) is 0 Å². The second kappa shape index (κ2) is 7.78. The summed E-state index contributed by atoms with van der Waals surface area (Å²) in [6.45, 7) is 2.05. The molecular formula is C15H21Br2NO2. The normalized spacial score (nSPS) is 22.2. The topological polar surface area (TPSA) is 41.5 Å². The number of hydrogen-bond acceptors (Lipinski definition) is 3. The van der Waals surface area contributed by atoms with Gasteiger partial charge < -0.3 is 15.2 Å². The molecule has 2 atom stereocenters. The van der Waals surface area contributed by atoms with Crippen LogP contribution < -0.4 is 10.1 Å². The maximum atomic E-state index is 9.35. The van der Waals surface area contributed by atoms with Crippen molar-refractivity contribution in [3.8, 4) is 5.75 Å². The van der Waals surface area contributed by atoms with E-state index in [2.05, 4.69) is 43.2 Å². The summed E-state index contributed by atoms with van der Waals surface area (Å²) in [4.78, 5) is 0. The maximum absolute atomic E-state index is 9.35. The minimum atomic E-state index is 0.318. The Balaban J connectivity index is 1.94. The molecule has 1 saturated carbocycles. The quantitative estimate of drug-likeness (QED) is 0.756. The average molecular weight is 407 g/mol. The Labute approximate surface area is 137 Å². The molecule has 0 aromatic heterocycles. The van der Waals surface area contributed by atoms with Crippen molar-refractivity contribution in [3.05, 3.63) is 26.6 Å². The summed E-state index contributed by atoms with van der Waals surface area (Å²) in [7, 11) is 1.69. The number of hydrogen-bond donors (Lipinski definition) is 2. The van der Waals surface area contributed by atoms with Crippen molar-refractivity contribution in [2.75, 3.05) is 20.3 Å². The molecule has 1 aromatic rings. The van der Waals surface area contributed by atoms with Crippen LogP contribution in [0.5, 0.6) is 5.75 Å². The SMILES string of the molecule is COc1c(Br)cc(Br)cc1CNCC1CCCC1CO. The molecule has 1 aliphatic rings. The summed E-state index contributed by atoms with van der Waals surface area (Å²) in [5.41, 5.74) is 1.13. The summed E-state index contributed by atoms with van der Waals surface area (Å²) in [5.74, 6) is 1.95. The van der Waals surface area contributed by atoms with Crippen LogP contribution in [0, 0.1) is 11.8 Å². The Morgan fingerprint density at radius 1 is 1.30 bits per heavy atom. The lowest BCUT2D eigenvalue weighted by atomic mass is 9.97. The van der Waals surface area contributed by atoms with Crippen molar-refractivity contribution in [1.82, 2.24) is 5.32 Å². The summed E-state index contributed by atoms with van der Waals surface area (Å²) in [6.07, 6.45) is 3.62. The number of ether oxygens (including phenoxy) is 1. The van der Waals surface area contributed by atoms with Gasteiger partial charge in [0.25, 0.3) is 0 Å². The monoisotopic (exact) mass is 405 g/mol. The average Bonchev–Trinajstić information content (AvgIpc) is 2.86. The van der Waals surface area contributed by atoms with Gasteiger partial charge in [0.2, 0.25) is 0 Å². The van der Waals surface area contributed by atoms with Crippen LogP contribution in [0.3, 0.4) is 0 Å². The first-order chi connectivity index (χ1) is 9.65. The fourth-order valence-corrected chi connectivity index (χ4v) is 4.46. The van der Waals surface area contributed by atoms with Gasteiger partial charge in [-0.2, -0.15) is 0 Å². The van der Waals surface area contributed by atoms with Gasteiger partial charge in [0.05, 0.1) is 11.6 Å². The second-order valence-corrected chi connectivity index (χ2v) is 7.11. The van der Waals surface area contributed by atoms with Crippen LogP contribution in [-0.4, -0.2) is 25.4 Å². The van der Waals surface area contributed by atoms with E-state index in [-0.39, 0.29) is 0 Å². The lowest BCUT2D eigenvalue weighted by molar-refractivity contribution is 0.192. The van der Waals surface area contributed by atoms with E-state index in [1.807, 2.05) is 6.07 Å². The molecule has 0 aliphatic heterocycles. The van der Waals surface area contributed by atoms with Crippen LogP contribution in [-0.2, 0) is 6.54 Å². The fraction of sp³-hybridized carbons (Fsp3) is 0.600. The molecule has 2 N–H and O–H groups in total. The van der Waals surface area contributed by atoms with Gasteiger partial charge in [0.1, 0.15) is 5.75 Å². The Kier molecular flexibility index (Phi) is 6.33. The van der Waals surface area contributed by atoms with Gasteiger partial charge in [0.15, 0.2) is 0 Å². The highest BCUT2D eigenvalue weighted by Gasteiger charge is 2.26. The molecular weight excluding hydrogens is 386 g/mol. The lowest BCUT2D eigenvalue weighted by Crippen LogP contribution is -2.26. The van der Waals surface area contributed by atoms with Crippen molar-refractivity contribution >= 4 is 31.9 Å². The predicted molar refractivity (Wildman–Crippen MR) is 88.0 cm³/mol. The van der Waals surface area contributed by atoms with Crippen molar-refractivity contribution in [3.63, 3.8) is 0 Å². The molecule has 1 aliphatic carbocycles. The van der Waals surface area contributed by atoms with Gasteiger partial charge in [-0.15, -0.1) is 0 Å². The molecule has 2 rings (SSSR count). The van der Waals surface area contributed by atoms with Crippen molar-refractivity contribution in [2.45, 2.75) is 25.8 Å². The standard InChI is InChI=1S/C15H21Br2NO2/c1-20-15-12(5-13(16)6-14(15)17)8-18-7-10-3-2-4-11(10)9-19/h5-6,10-11,18-19H,2-4,7-9H2,1H3. The van der Waals surface area contributed by atoms with Crippen LogP contribution in [0.4, 0.5) is 0 Å². The molecule has 0 bridgehead atoms. The van der Waals surface area contributed by atoms with E-state index in [0.29, 0.717) is 18.4 Å². The first-order valence-corrected chi connectivity index (χ1v) is 8.57. The zero-order chi connectivity index (χ0) is 14.5. The van der Waals surface area contributed by atoms with Gasteiger partial charge in [-0.3, -0.25) is 0 Å². The number of aliphatic hydroxyl groups excluding tert-OH is 1. The Morgan fingerprint density at radius 2 is 2.05 bits per heavy atom. The Bertz CT molecular complexity index is 454. The van der Waals surface area contributed by atoms with E-state index in [4.69, 9.17) is 4.74 Å². The molecule has 1 fully saturated rings. The smallest absolute Gasteiger partial charge is 0.137 e. The van der Waals surface area contributed by atoms with Crippen molar-refractivity contribution < 1.29 is 9.84 Å². The largest absolute Gasteiger partial charge is 0.495 e. The van der Waals surface area contributed by atoms with E-state index in [1.165, 1.54) is 12.8 Å². The van der Waals surface area contributed by atoms with E-state index in [0.717, 1.165) is 39.8 Å². The van der Waals surface area contributed by atoms with Crippen LogP contribution >= 0.6 is 31.9 Å². The minimum absolute atomic E-state index is 0.318. The molecule has 0 saturated heterocycles. The maximum Gasteiger partial charge on any atom is 0.137 e. The number of halogens is 2. The minimum Gasteiger partial charge on any atom is -0.495 e. The molecule has 0 radical (unpaired) electrons. The van der Waals surface area contributed by atoms with Crippen molar-refractivity contribution in [1.29, 1.82) is 0 Å². The highest BCUT2D eigenvalue weighted by molar-refractivity contribution is 9.11. The van der Waals surface area contributed by atoms with E-state index in [1.54, 1.807) is 7.11 Å². The summed E-state index contributed by atoms with van der Waals surface area (Å²) in [6, 6.07) is 4.07. The molecule has 1 aromatic carbocycles. The summed E-state index contributed by atoms with van der Waals surface area (Å²) < 4.78 is 7.44. The van der Waals surface area contributed by atoms with Gasteiger partial charge in [-0.1, -0.05) is 22.4 Å². The molecule has 112 valence electrons. The Hall–Kier alpha value is -0.100. The molecule has 2 unspecified atom stereocenters. The fourth-order valence-electron chi connectivity index (χ4n) is 2.99. The summed E-state index contributed by atoms with van der Waals surface area (Å²) in [5, 5.41) is 12.9. The first kappa shape index (κ1) is 16.3. The number of benzene rings is 1. The first-order valence-electron chi connectivity index (χ1n) is 6.99. The number of aliphatic hydroxyl groups is 1. The molecule has 0 amide bonds. The molecule has 3 nitrogen and oxygen atoms in total. The third-order valence-corrected chi connectivity index (χ3v) is 5.11. The van der Waals surface area contributed by atoms with E-state index < -0.39 is 0 Å². The van der Waals surface area contributed by atoms with E-state index in [9.17, 15) is 5.11 Å². The van der Waals surface area contributed by atoms with Crippen LogP contribution in [0.1, 0.15) is 24.8 Å². The zero-order valence-corrected chi connectivity index (χ0v) is 14.8. The Morgan fingerprint density at radius 3 is 2.75 bits per heavy atom.